The number of morpholine rings is 1. The Morgan fingerprint density at radius 3 is 2.93 bits per heavy atom. The molecule has 1 saturated heterocycles. The van der Waals surface area contributed by atoms with Gasteiger partial charge >= 0.3 is 11.9 Å². The SMILES string of the molecule is COC(=O)CC1NC(C)(C)COC1=O. The first kappa shape index (κ1) is 11.0. The minimum Gasteiger partial charge on any atom is -0.469 e. The van der Waals surface area contributed by atoms with Crippen molar-refractivity contribution in [3.8, 4) is 0 Å². The second-order valence-corrected chi connectivity index (χ2v) is 3.97. The maximum Gasteiger partial charge on any atom is 0.323 e. The van der Waals surface area contributed by atoms with E-state index in [2.05, 4.69) is 10.1 Å². The van der Waals surface area contributed by atoms with E-state index in [1.807, 2.05) is 13.8 Å². The van der Waals surface area contributed by atoms with Crippen LogP contribution in [0.5, 0.6) is 0 Å². The lowest BCUT2D eigenvalue weighted by Crippen LogP contribution is -2.58. The molecule has 0 aromatic carbocycles. The average Bonchev–Trinajstić information content (AvgIpc) is 2.11. The lowest BCUT2D eigenvalue weighted by atomic mass is 10.0. The molecular formula is C9H15NO4. The summed E-state index contributed by atoms with van der Waals surface area (Å²) in [4.78, 5) is 22.2. The first-order chi connectivity index (χ1) is 6.44. The summed E-state index contributed by atoms with van der Waals surface area (Å²) in [5.74, 6) is -0.813. The van der Waals surface area contributed by atoms with E-state index in [0.29, 0.717) is 6.61 Å². The highest BCUT2D eigenvalue weighted by molar-refractivity contribution is 5.83. The number of carbonyl (C=O) groups excluding carboxylic acids is 2. The van der Waals surface area contributed by atoms with E-state index in [4.69, 9.17) is 4.74 Å². The summed E-state index contributed by atoms with van der Waals surface area (Å²) in [5.41, 5.74) is -0.285. The van der Waals surface area contributed by atoms with Crippen molar-refractivity contribution >= 4 is 11.9 Å². The number of hydrogen-bond donors (Lipinski definition) is 1. The van der Waals surface area contributed by atoms with E-state index in [-0.39, 0.29) is 12.0 Å². The predicted molar refractivity (Wildman–Crippen MR) is 48.6 cm³/mol. The van der Waals surface area contributed by atoms with Crippen LogP contribution in [0, 0.1) is 0 Å². The van der Waals surface area contributed by atoms with Gasteiger partial charge in [0.25, 0.3) is 0 Å². The highest BCUT2D eigenvalue weighted by Gasteiger charge is 2.35. The third kappa shape index (κ3) is 2.70. The van der Waals surface area contributed by atoms with Crippen molar-refractivity contribution in [2.45, 2.75) is 31.8 Å². The van der Waals surface area contributed by atoms with Crippen molar-refractivity contribution in [3.63, 3.8) is 0 Å². The molecule has 1 aliphatic rings. The van der Waals surface area contributed by atoms with Crippen LogP contribution >= 0.6 is 0 Å². The van der Waals surface area contributed by atoms with E-state index < -0.39 is 18.0 Å². The molecule has 0 spiro atoms. The second kappa shape index (κ2) is 3.96. The molecule has 5 nitrogen and oxygen atoms in total. The first-order valence-electron chi connectivity index (χ1n) is 4.46. The summed E-state index contributed by atoms with van der Waals surface area (Å²) in [7, 11) is 1.29. The van der Waals surface area contributed by atoms with Gasteiger partial charge in [-0.15, -0.1) is 0 Å². The fraction of sp³-hybridized carbons (Fsp3) is 0.778. The summed E-state index contributed by atoms with van der Waals surface area (Å²) in [6.07, 6.45) is 0.0127. The van der Waals surface area contributed by atoms with Crippen LogP contribution in [0.2, 0.25) is 0 Å². The van der Waals surface area contributed by atoms with Gasteiger partial charge in [-0.1, -0.05) is 0 Å². The van der Waals surface area contributed by atoms with Gasteiger partial charge in [0.05, 0.1) is 13.5 Å². The second-order valence-electron chi connectivity index (χ2n) is 3.97. The summed E-state index contributed by atoms with van der Waals surface area (Å²) >= 11 is 0. The lowest BCUT2D eigenvalue weighted by Gasteiger charge is -2.35. The third-order valence-corrected chi connectivity index (χ3v) is 2.02. The largest absolute Gasteiger partial charge is 0.469 e. The normalized spacial score (nSPS) is 25.4. The monoisotopic (exact) mass is 201 g/mol. The number of rotatable bonds is 2. The van der Waals surface area contributed by atoms with Crippen LogP contribution in [-0.2, 0) is 19.1 Å². The molecule has 0 saturated carbocycles. The van der Waals surface area contributed by atoms with Crippen molar-refractivity contribution in [2.24, 2.45) is 0 Å². The molecule has 1 heterocycles. The Balaban J connectivity index is 2.57. The molecule has 0 aliphatic carbocycles. The third-order valence-electron chi connectivity index (χ3n) is 2.02. The topological polar surface area (TPSA) is 64.6 Å². The molecule has 1 atom stereocenters. The van der Waals surface area contributed by atoms with Gasteiger partial charge in [0.2, 0.25) is 0 Å². The lowest BCUT2D eigenvalue weighted by molar-refractivity contribution is -0.158. The molecule has 1 fully saturated rings. The van der Waals surface area contributed by atoms with Crippen molar-refractivity contribution in [3.05, 3.63) is 0 Å². The molecule has 1 N–H and O–H groups in total. The van der Waals surface area contributed by atoms with Gasteiger partial charge in [-0.2, -0.15) is 0 Å². The standard InChI is InChI=1S/C9H15NO4/c1-9(2)5-14-8(12)6(10-9)4-7(11)13-3/h6,10H,4-5H2,1-3H3. The van der Waals surface area contributed by atoms with Gasteiger partial charge < -0.3 is 9.47 Å². The Morgan fingerprint density at radius 1 is 1.71 bits per heavy atom. The molecule has 0 radical (unpaired) electrons. The molecule has 1 rings (SSSR count). The number of hydrogen-bond acceptors (Lipinski definition) is 5. The summed E-state index contributed by atoms with van der Waals surface area (Å²) in [6, 6.07) is -0.591. The van der Waals surface area contributed by atoms with Crippen LogP contribution in [-0.4, -0.2) is 37.2 Å². The minimum absolute atomic E-state index is 0.0127. The number of methoxy groups -OCH3 is 1. The van der Waals surface area contributed by atoms with Crippen molar-refractivity contribution in [2.75, 3.05) is 13.7 Å². The number of esters is 2. The van der Waals surface area contributed by atoms with Gasteiger partial charge in [0, 0.05) is 5.54 Å². The molecule has 1 aliphatic heterocycles. The number of ether oxygens (including phenoxy) is 2. The smallest absolute Gasteiger partial charge is 0.323 e. The minimum atomic E-state index is -0.591. The van der Waals surface area contributed by atoms with Crippen LogP contribution in [0.1, 0.15) is 20.3 Å². The fourth-order valence-electron chi connectivity index (χ4n) is 1.31. The molecule has 0 amide bonds. The average molecular weight is 201 g/mol. The Morgan fingerprint density at radius 2 is 2.36 bits per heavy atom. The first-order valence-corrected chi connectivity index (χ1v) is 4.46. The van der Waals surface area contributed by atoms with Crippen LogP contribution in [0.25, 0.3) is 0 Å². The van der Waals surface area contributed by atoms with E-state index in [1.165, 1.54) is 7.11 Å². The van der Waals surface area contributed by atoms with Gasteiger partial charge in [0.1, 0.15) is 12.6 Å². The van der Waals surface area contributed by atoms with Crippen molar-refractivity contribution in [1.29, 1.82) is 0 Å². The molecule has 1 unspecified atom stereocenters. The molecule has 5 heteroatoms. The van der Waals surface area contributed by atoms with E-state index in [0.717, 1.165) is 0 Å². The maximum absolute atomic E-state index is 11.2. The molecule has 14 heavy (non-hydrogen) atoms. The van der Waals surface area contributed by atoms with E-state index in [9.17, 15) is 9.59 Å². The number of carbonyl (C=O) groups is 2. The predicted octanol–water partition coefficient (Wildman–Crippen LogP) is -0.157. The van der Waals surface area contributed by atoms with Gasteiger partial charge in [-0.05, 0) is 13.8 Å². The molecule has 0 bridgehead atoms. The quantitative estimate of drug-likeness (QED) is 0.629. The molecule has 0 aromatic heterocycles. The van der Waals surface area contributed by atoms with Gasteiger partial charge in [-0.25, -0.2) is 0 Å². The summed E-state index contributed by atoms with van der Waals surface area (Å²) in [5, 5.41) is 3.03. The van der Waals surface area contributed by atoms with E-state index >= 15 is 0 Å². The van der Waals surface area contributed by atoms with E-state index in [1.54, 1.807) is 0 Å². The highest BCUT2D eigenvalue weighted by Crippen LogP contribution is 2.13. The van der Waals surface area contributed by atoms with Crippen molar-refractivity contribution < 1.29 is 19.1 Å². The Labute approximate surface area is 82.8 Å². The number of cyclic esters (lactones) is 1. The highest BCUT2D eigenvalue weighted by atomic mass is 16.5. The molecular weight excluding hydrogens is 186 g/mol. The summed E-state index contributed by atoms with van der Waals surface area (Å²) < 4.78 is 9.42. The zero-order valence-corrected chi connectivity index (χ0v) is 8.62. The van der Waals surface area contributed by atoms with Gasteiger partial charge in [-0.3, -0.25) is 14.9 Å². The van der Waals surface area contributed by atoms with Crippen LogP contribution in [0.15, 0.2) is 0 Å². The zero-order valence-electron chi connectivity index (χ0n) is 8.62. The number of nitrogens with one attached hydrogen (secondary N) is 1. The summed E-state index contributed by atoms with van der Waals surface area (Å²) in [6.45, 7) is 4.14. The van der Waals surface area contributed by atoms with Crippen LogP contribution in [0.3, 0.4) is 0 Å². The van der Waals surface area contributed by atoms with Crippen LogP contribution in [0.4, 0.5) is 0 Å². The van der Waals surface area contributed by atoms with Crippen LogP contribution < -0.4 is 5.32 Å². The van der Waals surface area contributed by atoms with Crippen molar-refractivity contribution in [1.82, 2.24) is 5.32 Å². The molecule has 80 valence electrons. The zero-order chi connectivity index (χ0) is 10.8. The Kier molecular flexibility index (Phi) is 3.10. The molecule has 0 aromatic rings. The van der Waals surface area contributed by atoms with Gasteiger partial charge in [0.15, 0.2) is 0 Å². The Bertz CT molecular complexity index is 249. The maximum atomic E-state index is 11.2. The fourth-order valence-corrected chi connectivity index (χ4v) is 1.31. The Hall–Kier alpha value is -1.10.